The summed E-state index contributed by atoms with van der Waals surface area (Å²) in [4.78, 5) is 8.67. The van der Waals surface area contributed by atoms with Crippen LogP contribution in [0.5, 0.6) is 0 Å². The second-order valence-corrected chi connectivity index (χ2v) is 9.09. The third-order valence-corrected chi connectivity index (χ3v) is 6.04. The Morgan fingerprint density at radius 2 is 1.40 bits per heavy atom. The van der Waals surface area contributed by atoms with Gasteiger partial charge in [-0.05, 0) is 50.7 Å². The molecule has 2 aliphatic heterocycles. The van der Waals surface area contributed by atoms with Crippen LogP contribution in [0.15, 0.2) is 73.3 Å². The summed E-state index contributed by atoms with van der Waals surface area (Å²) in [6.07, 6.45) is 16.6. The van der Waals surface area contributed by atoms with E-state index in [1.165, 1.54) is 4.68 Å². The van der Waals surface area contributed by atoms with Crippen LogP contribution in [0, 0.1) is 37.9 Å². The maximum atomic E-state index is 4.08. The van der Waals surface area contributed by atoms with Crippen LogP contribution in [0.25, 0.3) is 11.4 Å². The molecule has 1 radical (unpaired) electrons. The summed E-state index contributed by atoms with van der Waals surface area (Å²) < 4.78 is 4.80. The van der Waals surface area contributed by atoms with Gasteiger partial charge in [0.2, 0.25) is 0 Å². The summed E-state index contributed by atoms with van der Waals surface area (Å²) >= 11 is 0. The summed E-state index contributed by atoms with van der Waals surface area (Å²) in [5, 5.41) is 11.8. The molecule has 11 heteroatoms. The van der Waals surface area contributed by atoms with Crippen molar-refractivity contribution in [3.8, 4) is 11.4 Å². The summed E-state index contributed by atoms with van der Waals surface area (Å²) in [5.74, 6) is 0. The molecule has 2 aromatic heterocycles. The normalized spacial score (nSPS) is 14.0. The number of rotatable bonds is 8. The molecule has 6 rings (SSSR count). The number of aromatic nitrogens is 6. The van der Waals surface area contributed by atoms with E-state index in [0.29, 0.717) is 5.69 Å². The van der Waals surface area contributed by atoms with Crippen molar-refractivity contribution in [1.82, 2.24) is 34.7 Å². The molecule has 0 spiro atoms. The molecule has 40 heavy (non-hydrogen) atoms. The summed E-state index contributed by atoms with van der Waals surface area (Å²) in [7, 11) is 5.40. The average Bonchev–Trinajstić information content (AvgIpc) is 3.76. The quantitative estimate of drug-likeness (QED) is 0.158. The Morgan fingerprint density at radius 1 is 0.825 bits per heavy atom. The second kappa shape index (κ2) is 13.9. The van der Waals surface area contributed by atoms with Gasteiger partial charge in [-0.25, -0.2) is 15.6 Å². The van der Waals surface area contributed by atoms with E-state index < -0.39 is 0 Å². The van der Waals surface area contributed by atoms with Crippen molar-refractivity contribution in [2.75, 3.05) is 22.9 Å². The van der Waals surface area contributed by atoms with Crippen molar-refractivity contribution in [3.05, 3.63) is 111 Å². The maximum Gasteiger partial charge on any atom is 0.0804 e. The zero-order valence-electron chi connectivity index (χ0n) is 22.7. The molecule has 4 heterocycles. The predicted octanol–water partition coefficient (Wildman–Crippen LogP) is 2.83. The van der Waals surface area contributed by atoms with Gasteiger partial charge in [0.05, 0.1) is 14.1 Å². The molecule has 2 aromatic carbocycles. The van der Waals surface area contributed by atoms with Gasteiger partial charge in [0.15, 0.2) is 0 Å². The minimum Gasteiger partial charge on any atom is -0.508 e. The third-order valence-electron chi connectivity index (χ3n) is 6.04. The zero-order valence-corrected chi connectivity index (χ0v) is 25.1. The van der Waals surface area contributed by atoms with E-state index in [9.17, 15) is 0 Å². The van der Waals surface area contributed by atoms with Gasteiger partial charge in [-0.2, -0.15) is 79.7 Å². The number of hydrogen-bond donors (Lipinski definition) is 0. The van der Waals surface area contributed by atoms with E-state index in [1.807, 2.05) is 43.4 Å². The van der Waals surface area contributed by atoms with Crippen LogP contribution in [0.4, 0.5) is 11.4 Å². The van der Waals surface area contributed by atoms with E-state index in [1.54, 1.807) is 23.5 Å². The molecule has 0 saturated heterocycles. The molecule has 0 unspecified atom stereocenters. The summed E-state index contributed by atoms with van der Waals surface area (Å²) in [6.45, 7) is 6.29. The Hall–Kier alpha value is -3.95. The van der Waals surface area contributed by atoms with Gasteiger partial charge >= 0.3 is 0 Å². The summed E-state index contributed by atoms with van der Waals surface area (Å²) in [5.41, 5.74) is 3.57. The smallest absolute Gasteiger partial charge is 0.0804 e. The second-order valence-electron chi connectivity index (χ2n) is 9.09. The van der Waals surface area contributed by atoms with Crippen molar-refractivity contribution in [1.29, 1.82) is 0 Å². The third kappa shape index (κ3) is 7.58. The molecular weight excluding hydrogens is 681 g/mol. The number of para-hydroxylation sites is 2. The molecule has 0 amide bonds. The molecule has 0 fully saturated rings. The fourth-order valence-electron chi connectivity index (χ4n) is 4.13. The zero-order chi connectivity index (χ0) is 27.0. The fraction of sp³-hybridized carbons (Fsp3) is 0.241. The monoisotopic (exact) mass is 712 g/mol. The minimum atomic E-state index is 0. The number of anilines is 2. The number of hydrogen-bond acceptors (Lipinski definition) is 7. The molecule has 0 atom stereocenters. The first-order valence-electron chi connectivity index (χ1n) is 12.8. The predicted molar refractivity (Wildman–Crippen MR) is 147 cm³/mol. The maximum absolute atomic E-state index is 4.08. The average molecular weight is 712 g/mol. The van der Waals surface area contributed by atoms with Gasteiger partial charge in [0, 0.05) is 32.4 Å². The van der Waals surface area contributed by atoms with E-state index in [-0.39, 0.29) is 20.1 Å². The van der Waals surface area contributed by atoms with E-state index >= 15 is 0 Å². The van der Waals surface area contributed by atoms with Crippen molar-refractivity contribution in [3.63, 3.8) is 0 Å². The van der Waals surface area contributed by atoms with Crippen LogP contribution in [-0.4, -0.2) is 47.8 Å². The van der Waals surface area contributed by atoms with Crippen LogP contribution in [-0.2, 0) is 41.2 Å². The largest absolute Gasteiger partial charge is 0.508 e. The van der Waals surface area contributed by atoms with Gasteiger partial charge in [0.1, 0.15) is 0 Å². The van der Waals surface area contributed by atoms with Crippen molar-refractivity contribution >= 4 is 11.4 Å². The fourth-order valence-corrected chi connectivity index (χ4v) is 4.13. The Morgan fingerprint density at radius 3 is 1.82 bits per heavy atom. The molecule has 0 saturated carbocycles. The van der Waals surface area contributed by atoms with Crippen LogP contribution in [0.2, 0.25) is 0 Å². The van der Waals surface area contributed by atoms with Gasteiger partial charge in [0.25, 0.3) is 0 Å². The number of unbranched alkanes of at least 4 members (excludes halogenated alkanes) is 1. The van der Waals surface area contributed by atoms with Gasteiger partial charge in [-0.3, -0.25) is 5.10 Å². The molecule has 0 N–H and O–H groups in total. The SMILES string of the molecule is Cn1[c-]c(-c2[c-][n+](C)nn2C)nn1.[Ir].[c-]1ccccc1N1C=CN(CCCCN2C=CN(c3[c-]cccc3)[CH-]2)[CH-]1. The summed E-state index contributed by atoms with van der Waals surface area (Å²) in [6, 6.07) is 22.5. The van der Waals surface area contributed by atoms with Crippen molar-refractivity contribution in [2.45, 2.75) is 12.8 Å². The van der Waals surface area contributed by atoms with Gasteiger partial charge in [-0.1, -0.05) is 11.9 Å². The molecule has 0 bridgehead atoms. The van der Waals surface area contributed by atoms with Gasteiger partial charge < -0.3 is 24.3 Å². The molecule has 2 aliphatic rings. The Bertz CT molecular complexity index is 1320. The first-order chi connectivity index (χ1) is 19.0. The number of nitrogens with zero attached hydrogens (tertiary/aromatic N) is 10. The van der Waals surface area contributed by atoms with Gasteiger partial charge in [-0.15, -0.1) is 16.6 Å². The standard InChI is InChI=1S/C22H22N4.C7H9N6.Ir/c1-3-9-21(10-4-1)25-17-15-23(19-25)13-7-8-14-24-16-18-26(20-24)22-11-5-2-6-12-22;1-11-4-6(8-9-11)7-5-12(2)10-13(7)3;/h1-6,9,11,15-20H,7-8,13-14H2;1-3H3;/q-4;-1;. The Labute approximate surface area is 249 Å². The van der Waals surface area contributed by atoms with E-state index in [2.05, 4.69) is 110 Å². The van der Waals surface area contributed by atoms with E-state index in [4.69, 9.17) is 0 Å². The first kappa shape index (κ1) is 29.0. The van der Waals surface area contributed by atoms with Crippen LogP contribution < -0.4 is 14.5 Å². The topological polar surface area (TPSA) is 65.4 Å². The molecule has 10 nitrogen and oxygen atoms in total. The van der Waals surface area contributed by atoms with Crippen LogP contribution in [0.1, 0.15) is 12.8 Å². The van der Waals surface area contributed by atoms with Crippen LogP contribution >= 0.6 is 0 Å². The molecule has 211 valence electrons. The van der Waals surface area contributed by atoms with Crippen LogP contribution in [0.3, 0.4) is 0 Å². The number of aryl methyl sites for hydroxylation is 3. The first-order valence-corrected chi connectivity index (χ1v) is 12.8. The van der Waals surface area contributed by atoms with E-state index in [0.717, 1.165) is 43.0 Å². The Kier molecular flexibility index (Phi) is 10.1. The molecule has 0 aliphatic carbocycles. The van der Waals surface area contributed by atoms with Crippen molar-refractivity contribution < 1.29 is 24.8 Å². The Balaban J connectivity index is 0.000000223. The molecule has 4 aromatic rings. The van der Waals surface area contributed by atoms with Crippen molar-refractivity contribution in [2.24, 2.45) is 21.1 Å². The number of benzene rings is 2. The minimum absolute atomic E-state index is 0. The molecular formula is C29H31IrN10-5.